The first kappa shape index (κ1) is 23.4. The maximum Gasteiger partial charge on any atom is 0.253 e. The molecule has 2 aromatic heterocycles. The molecule has 35 heavy (non-hydrogen) atoms. The van der Waals surface area contributed by atoms with Crippen LogP contribution < -0.4 is 5.32 Å². The second-order valence-corrected chi connectivity index (χ2v) is 9.41. The van der Waals surface area contributed by atoms with Gasteiger partial charge in [0.05, 0.1) is 22.3 Å². The molecule has 3 aromatic rings. The number of rotatable bonds is 8. The second-order valence-electron chi connectivity index (χ2n) is 9.00. The highest BCUT2D eigenvalue weighted by atomic mass is 35.5. The normalized spacial score (nSPS) is 16.7. The smallest absolute Gasteiger partial charge is 0.253 e. The third-order valence-electron chi connectivity index (χ3n) is 6.59. The van der Waals surface area contributed by atoms with Gasteiger partial charge < -0.3 is 5.32 Å². The van der Waals surface area contributed by atoms with E-state index in [9.17, 15) is 4.79 Å². The molecule has 1 atom stereocenters. The number of allylic oxidation sites excluding steroid dienone is 1. The van der Waals surface area contributed by atoms with Crippen molar-refractivity contribution >= 4 is 23.2 Å². The van der Waals surface area contributed by atoms with Gasteiger partial charge in [-0.15, -0.1) is 0 Å². The molecule has 0 saturated heterocycles. The van der Waals surface area contributed by atoms with E-state index in [2.05, 4.69) is 56.6 Å². The highest BCUT2D eigenvalue weighted by Gasteiger charge is 2.28. The molecule has 0 radical (unpaired) electrons. The number of nitrogens with one attached hydrogen (secondary N) is 1. The van der Waals surface area contributed by atoms with Gasteiger partial charge in [0.1, 0.15) is 0 Å². The molecule has 1 aliphatic heterocycles. The molecule has 0 saturated carbocycles. The molecule has 6 nitrogen and oxygen atoms in total. The molecule has 1 N–H and O–H groups in total. The van der Waals surface area contributed by atoms with Crippen molar-refractivity contribution in [3.63, 3.8) is 0 Å². The molecule has 1 unspecified atom stereocenters. The summed E-state index contributed by atoms with van der Waals surface area (Å²) < 4.78 is 0. The average molecular weight is 486 g/mol. The lowest BCUT2D eigenvalue weighted by atomic mass is 9.90. The Morgan fingerprint density at radius 2 is 1.94 bits per heavy atom. The molecule has 3 heterocycles. The van der Waals surface area contributed by atoms with Crippen molar-refractivity contribution in [2.45, 2.75) is 44.8 Å². The molecular weight excluding hydrogens is 458 g/mol. The molecule has 1 aromatic carbocycles. The third kappa shape index (κ3) is 5.66. The van der Waals surface area contributed by atoms with Gasteiger partial charge in [-0.25, -0.2) is 0 Å². The molecular formula is C28H28ClN5O. The molecule has 5 rings (SSSR count). The van der Waals surface area contributed by atoms with Gasteiger partial charge in [0.15, 0.2) is 0 Å². The van der Waals surface area contributed by atoms with Gasteiger partial charge in [0, 0.05) is 56.6 Å². The summed E-state index contributed by atoms with van der Waals surface area (Å²) in [6, 6.07) is 14.6. The molecule has 7 heteroatoms. The summed E-state index contributed by atoms with van der Waals surface area (Å²) in [5.74, 6) is -0.206. The molecule has 2 aliphatic rings. The molecule has 1 amide bonds. The number of pyridine rings is 2. The maximum atomic E-state index is 12.4. The van der Waals surface area contributed by atoms with E-state index in [0.29, 0.717) is 17.1 Å². The summed E-state index contributed by atoms with van der Waals surface area (Å²) in [5.41, 5.74) is 6.46. The Morgan fingerprint density at radius 1 is 1.09 bits per heavy atom. The van der Waals surface area contributed by atoms with Gasteiger partial charge in [-0.2, -0.15) is 0 Å². The fourth-order valence-electron chi connectivity index (χ4n) is 4.79. The molecule has 0 bridgehead atoms. The van der Waals surface area contributed by atoms with Crippen molar-refractivity contribution in [3.05, 3.63) is 106 Å². The Kier molecular flexibility index (Phi) is 7.31. The maximum absolute atomic E-state index is 12.4. The van der Waals surface area contributed by atoms with Crippen LogP contribution in [0.1, 0.15) is 58.0 Å². The summed E-state index contributed by atoms with van der Waals surface area (Å²) in [6.45, 7) is 2.08. The van der Waals surface area contributed by atoms with Crippen LogP contribution in [0.4, 0.5) is 0 Å². The minimum absolute atomic E-state index is 0.206. The first-order chi connectivity index (χ1) is 17.2. The van der Waals surface area contributed by atoms with E-state index in [0.717, 1.165) is 37.9 Å². The third-order valence-corrected chi connectivity index (χ3v) is 6.89. The summed E-state index contributed by atoms with van der Waals surface area (Å²) in [6.07, 6.45) is 13.3. The molecule has 0 spiro atoms. The number of benzene rings is 1. The van der Waals surface area contributed by atoms with Crippen molar-refractivity contribution in [2.75, 3.05) is 6.54 Å². The minimum Gasteiger partial charge on any atom is -0.348 e. The van der Waals surface area contributed by atoms with Crippen molar-refractivity contribution in [1.29, 1.82) is 0 Å². The van der Waals surface area contributed by atoms with E-state index in [1.54, 1.807) is 12.3 Å². The number of halogens is 1. The Balaban J connectivity index is 1.27. The van der Waals surface area contributed by atoms with Gasteiger partial charge in [0.2, 0.25) is 0 Å². The Hall–Kier alpha value is -3.35. The van der Waals surface area contributed by atoms with Gasteiger partial charge in [-0.1, -0.05) is 48.0 Å². The Labute approximate surface area is 210 Å². The van der Waals surface area contributed by atoms with Gasteiger partial charge in [-0.3, -0.25) is 24.7 Å². The van der Waals surface area contributed by atoms with Crippen molar-refractivity contribution in [2.24, 2.45) is 4.99 Å². The van der Waals surface area contributed by atoms with E-state index < -0.39 is 0 Å². The number of aromatic nitrogens is 2. The zero-order valence-corrected chi connectivity index (χ0v) is 20.3. The van der Waals surface area contributed by atoms with E-state index in [4.69, 9.17) is 16.6 Å². The second kappa shape index (κ2) is 10.9. The lowest BCUT2D eigenvalue weighted by Gasteiger charge is -2.35. The number of hydrogen-bond acceptors (Lipinski definition) is 5. The quantitative estimate of drug-likeness (QED) is 0.470. The first-order valence-corrected chi connectivity index (χ1v) is 12.4. The minimum atomic E-state index is -0.206. The standard InChI is InChI=1S/C28H28ClN5O/c29-25-17-30-15-12-24(25)28(35)33-16-20-8-10-21(11-9-20)18-34(19-23-6-3-13-31-23)26-7-1-4-22-5-2-14-32-27(22)26/h2-3,5,8-15,17,26H,1,4,6-7,16,18-19H2,(H,33,35). The summed E-state index contributed by atoms with van der Waals surface area (Å²) >= 11 is 6.08. The Morgan fingerprint density at radius 3 is 2.74 bits per heavy atom. The van der Waals surface area contributed by atoms with E-state index >= 15 is 0 Å². The zero-order chi connectivity index (χ0) is 24.0. The first-order valence-electron chi connectivity index (χ1n) is 12.0. The number of carbonyl (C=O) groups is 1. The van der Waals surface area contributed by atoms with Crippen LogP contribution in [0, 0.1) is 0 Å². The van der Waals surface area contributed by atoms with Crippen LogP contribution in [-0.2, 0) is 19.5 Å². The summed E-state index contributed by atoms with van der Waals surface area (Å²) in [4.78, 5) is 28.2. The zero-order valence-electron chi connectivity index (χ0n) is 19.5. The molecule has 0 fully saturated rings. The van der Waals surface area contributed by atoms with Crippen LogP contribution in [0.3, 0.4) is 0 Å². The highest BCUT2D eigenvalue weighted by Crippen LogP contribution is 2.34. The van der Waals surface area contributed by atoms with Crippen LogP contribution in [0.15, 0.2) is 78.3 Å². The highest BCUT2D eigenvalue weighted by molar-refractivity contribution is 6.33. The van der Waals surface area contributed by atoms with Crippen molar-refractivity contribution in [3.8, 4) is 0 Å². The SMILES string of the molecule is O=C(NCc1ccc(CN(CC2=NC=CC2)C2CCCc3cccnc32)cc1)c1ccncc1Cl. The lowest BCUT2D eigenvalue weighted by molar-refractivity contribution is 0.0951. The number of amides is 1. The number of nitrogens with zero attached hydrogens (tertiary/aromatic N) is 4. The largest absolute Gasteiger partial charge is 0.348 e. The van der Waals surface area contributed by atoms with Crippen molar-refractivity contribution in [1.82, 2.24) is 20.2 Å². The van der Waals surface area contributed by atoms with Crippen LogP contribution >= 0.6 is 11.6 Å². The average Bonchev–Trinajstić information content (AvgIpc) is 3.41. The summed E-state index contributed by atoms with van der Waals surface area (Å²) in [7, 11) is 0. The fourth-order valence-corrected chi connectivity index (χ4v) is 5.00. The topological polar surface area (TPSA) is 70.5 Å². The summed E-state index contributed by atoms with van der Waals surface area (Å²) in [5, 5.41) is 3.28. The number of aryl methyl sites for hydroxylation is 1. The molecule has 1 aliphatic carbocycles. The van der Waals surface area contributed by atoms with E-state index in [-0.39, 0.29) is 11.9 Å². The predicted molar refractivity (Wildman–Crippen MR) is 138 cm³/mol. The number of carbonyl (C=O) groups excluding carboxylic acids is 1. The Bertz CT molecular complexity index is 1250. The number of hydrogen-bond donors (Lipinski definition) is 1. The van der Waals surface area contributed by atoms with Crippen LogP contribution in [0.25, 0.3) is 0 Å². The van der Waals surface area contributed by atoms with Crippen LogP contribution in [0.2, 0.25) is 5.02 Å². The van der Waals surface area contributed by atoms with E-state index in [1.807, 2.05) is 18.5 Å². The lowest BCUT2D eigenvalue weighted by Crippen LogP contribution is -2.35. The van der Waals surface area contributed by atoms with Crippen LogP contribution in [0.5, 0.6) is 0 Å². The van der Waals surface area contributed by atoms with Crippen LogP contribution in [-0.4, -0.2) is 33.0 Å². The van der Waals surface area contributed by atoms with Gasteiger partial charge >= 0.3 is 0 Å². The van der Waals surface area contributed by atoms with Gasteiger partial charge in [0.25, 0.3) is 5.91 Å². The fraction of sp³-hybridized carbons (Fsp3) is 0.286. The van der Waals surface area contributed by atoms with E-state index in [1.165, 1.54) is 35.2 Å². The predicted octanol–water partition coefficient (Wildman–Crippen LogP) is 5.30. The molecule has 178 valence electrons. The monoisotopic (exact) mass is 485 g/mol. The van der Waals surface area contributed by atoms with Crippen molar-refractivity contribution < 1.29 is 4.79 Å². The number of aliphatic imine (C=N–C) groups is 1. The number of fused-ring (bicyclic) bond motifs is 1. The van der Waals surface area contributed by atoms with Gasteiger partial charge in [-0.05, 0) is 48.1 Å².